The van der Waals surface area contributed by atoms with Gasteiger partial charge in [0.2, 0.25) is 5.95 Å². The quantitative estimate of drug-likeness (QED) is 0.851. The molecule has 1 unspecified atom stereocenters. The van der Waals surface area contributed by atoms with Gasteiger partial charge < -0.3 is 15.0 Å². The average Bonchev–Trinajstić information content (AvgIpc) is 2.68. The van der Waals surface area contributed by atoms with Crippen molar-refractivity contribution in [3.05, 3.63) is 41.2 Å². The molecule has 0 radical (unpaired) electrons. The number of aromatic nitrogens is 2. The van der Waals surface area contributed by atoms with Gasteiger partial charge in [-0.25, -0.2) is 9.97 Å². The molecule has 2 heterocycles. The van der Waals surface area contributed by atoms with Crippen LogP contribution in [0.4, 0.5) is 11.6 Å². The predicted octanol–water partition coefficient (Wildman–Crippen LogP) is 4.16. The summed E-state index contributed by atoms with van der Waals surface area (Å²) in [6.45, 7) is 3.09. The second-order valence-corrected chi connectivity index (χ2v) is 6.73. The number of carbonyl (C=O) groups is 1. The molecule has 0 spiro atoms. The first-order valence-electron chi connectivity index (χ1n) is 8.87. The lowest BCUT2D eigenvalue weighted by Crippen LogP contribution is -2.40. The van der Waals surface area contributed by atoms with Crippen molar-refractivity contribution in [1.82, 2.24) is 9.97 Å². The molecule has 0 aliphatic carbocycles. The summed E-state index contributed by atoms with van der Waals surface area (Å²) in [4.78, 5) is 23.8. The highest BCUT2D eigenvalue weighted by atomic mass is 35.5. The van der Waals surface area contributed by atoms with Gasteiger partial charge >= 0.3 is 0 Å². The van der Waals surface area contributed by atoms with Crippen LogP contribution in [0, 0.1) is 0 Å². The fourth-order valence-corrected chi connectivity index (χ4v) is 3.44. The van der Waals surface area contributed by atoms with Crippen LogP contribution in [0.2, 0.25) is 5.02 Å². The number of hydrogen-bond donors (Lipinski definition) is 1. The van der Waals surface area contributed by atoms with Crippen molar-refractivity contribution in [1.29, 1.82) is 0 Å². The number of carbonyl (C=O) groups excluding carboxylic acids is 1. The van der Waals surface area contributed by atoms with E-state index in [1.165, 1.54) is 6.42 Å². The van der Waals surface area contributed by atoms with Gasteiger partial charge in [-0.05, 0) is 49.9 Å². The van der Waals surface area contributed by atoms with Gasteiger partial charge in [-0.3, -0.25) is 4.79 Å². The monoisotopic (exact) mass is 374 g/mol. The molecule has 1 amide bonds. The van der Waals surface area contributed by atoms with Crippen LogP contribution in [0.3, 0.4) is 0 Å². The molecule has 7 heteroatoms. The summed E-state index contributed by atoms with van der Waals surface area (Å²) in [5.74, 6) is 0.834. The molecule has 1 N–H and O–H groups in total. The molecule has 0 bridgehead atoms. The highest BCUT2D eigenvalue weighted by Gasteiger charge is 2.24. The van der Waals surface area contributed by atoms with E-state index in [1.54, 1.807) is 37.6 Å². The van der Waals surface area contributed by atoms with Crippen molar-refractivity contribution >= 4 is 29.1 Å². The molecule has 26 heavy (non-hydrogen) atoms. The molecule has 1 aromatic carbocycles. The molecule has 138 valence electrons. The van der Waals surface area contributed by atoms with Crippen molar-refractivity contribution in [2.24, 2.45) is 0 Å². The fraction of sp³-hybridized carbons (Fsp3) is 0.421. The van der Waals surface area contributed by atoms with Gasteiger partial charge in [0.05, 0.1) is 12.8 Å². The maximum atomic E-state index is 12.7. The zero-order chi connectivity index (χ0) is 18.5. The number of hydrogen-bond acceptors (Lipinski definition) is 5. The Hall–Kier alpha value is -2.34. The fourth-order valence-electron chi connectivity index (χ4n) is 3.27. The number of nitrogens with one attached hydrogen (secondary N) is 1. The molecular weight excluding hydrogens is 352 g/mol. The number of piperidine rings is 1. The van der Waals surface area contributed by atoms with Crippen LogP contribution in [-0.2, 0) is 0 Å². The summed E-state index contributed by atoms with van der Waals surface area (Å²) in [6, 6.07) is 7.11. The molecule has 1 aliphatic rings. The summed E-state index contributed by atoms with van der Waals surface area (Å²) < 4.78 is 5.27. The van der Waals surface area contributed by atoms with Gasteiger partial charge in [0.15, 0.2) is 0 Å². The maximum Gasteiger partial charge on any atom is 0.274 e. The van der Waals surface area contributed by atoms with Gasteiger partial charge in [-0.2, -0.15) is 0 Å². The first-order valence-corrected chi connectivity index (χ1v) is 9.24. The largest absolute Gasteiger partial charge is 0.495 e. The second kappa shape index (κ2) is 8.36. The lowest BCUT2D eigenvalue weighted by Gasteiger charge is -2.35. The third-order valence-electron chi connectivity index (χ3n) is 4.64. The van der Waals surface area contributed by atoms with Crippen molar-refractivity contribution in [3.8, 4) is 5.75 Å². The van der Waals surface area contributed by atoms with Crippen LogP contribution in [0.25, 0.3) is 0 Å². The Balaban J connectivity index is 1.81. The number of halogens is 1. The van der Waals surface area contributed by atoms with Crippen molar-refractivity contribution in [3.63, 3.8) is 0 Å². The van der Waals surface area contributed by atoms with Crippen LogP contribution in [0.5, 0.6) is 5.75 Å². The van der Waals surface area contributed by atoms with Crippen molar-refractivity contribution in [2.75, 3.05) is 23.9 Å². The number of benzene rings is 1. The number of ether oxygens (including phenoxy) is 1. The summed E-state index contributed by atoms with van der Waals surface area (Å²) in [5.41, 5.74) is 0.826. The molecule has 6 nitrogen and oxygen atoms in total. The lowest BCUT2D eigenvalue weighted by molar-refractivity contribution is 0.102. The Morgan fingerprint density at radius 3 is 3.00 bits per heavy atom. The van der Waals surface area contributed by atoms with Gasteiger partial charge in [-0.1, -0.05) is 18.5 Å². The first-order chi connectivity index (χ1) is 12.6. The number of anilines is 2. The van der Waals surface area contributed by atoms with E-state index in [2.05, 4.69) is 27.1 Å². The Labute approximate surface area is 158 Å². The first kappa shape index (κ1) is 18.5. The highest BCUT2D eigenvalue weighted by molar-refractivity contribution is 6.31. The van der Waals surface area contributed by atoms with E-state index in [-0.39, 0.29) is 5.91 Å². The van der Waals surface area contributed by atoms with Gasteiger partial charge in [0.1, 0.15) is 11.4 Å². The number of methoxy groups -OCH3 is 1. The SMILES string of the molecule is CCC1CCCCN1c1nccc(C(=O)Nc2cc(Cl)ccc2OC)n1. The molecule has 1 aromatic heterocycles. The number of nitrogens with zero attached hydrogens (tertiary/aromatic N) is 3. The van der Waals surface area contributed by atoms with Crippen LogP contribution < -0.4 is 15.0 Å². The molecule has 3 rings (SSSR count). The van der Waals surface area contributed by atoms with Crippen molar-refractivity contribution in [2.45, 2.75) is 38.6 Å². The Morgan fingerprint density at radius 1 is 1.38 bits per heavy atom. The summed E-state index contributed by atoms with van der Waals surface area (Å²) >= 11 is 6.02. The average molecular weight is 375 g/mol. The van der Waals surface area contributed by atoms with E-state index >= 15 is 0 Å². The van der Waals surface area contributed by atoms with E-state index in [0.29, 0.717) is 34.1 Å². The predicted molar refractivity (Wildman–Crippen MR) is 103 cm³/mol. The zero-order valence-electron chi connectivity index (χ0n) is 15.0. The number of amides is 1. The van der Waals surface area contributed by atoms with Crippen LogP contribution in [0.1, 0.15) is 43.1 Å². The number of rotatable bonds is 5. The minimum atomic E-state index is -0.320. The Bertz CT molecular complexity index is 784. The van der Waals surface area contributed by atoms with E-state index in [9.17, 15) is 4.79 Å². The molecule has 0 saturated carbocycles. The minimum absolute atomic E-state index is 0.317. The molecule has 1 fully saturated rings. The van der Waals surface area contributed by atoms with Gasteiger partial charge in [0.25, 0.3) is 5.91 Å². The summed E-state index contributed by atoms with van der Waals surface area (Å²) in [5, 5.41) is 3.33. The van der Waals surface area contributed by atoms with E-state index in [1.807, 2.05) is 0 Å². The Morgan fingerprint density at radius 2 is 2.23 bits per heavy atom. The minimum Gasteiger partial charge on any atom is -0.495 e. The van der Waals surface area contributed by atoms with E-state index in [0.717, 1.165) is 25.8 Å². The maximum absolute atomic E-state index is 12.7. The molecule has 1 aliphatic heterocycles. The Kier molecular flexibility index (Phi) is 5.93. The zero-order valence-corrected chi connectivity index (χ0v) is 15.8. The smallest absolute Gasteiger partial charge is 0.274 e. The van der Waals surface area contributed by atoms with Gasteiger partial charge in [-0.15, -0.1) is 0 Å². The third kappa shape index (κ3) is 4.07. The normalized spacial score (nSPS) is 17.0. The van der Waals surface area contributed by atoms with E-state index in [4.69, 9.17) is 16.3 Å². The highest BCUT2D eigenvalue weighted by Crippen LogP contribution is 2.28. The van der Waals surface area contributed by atoms with Gasteiger partial charge in [0, 0.05) is 23.8 Å². The molecule has 1 saturated heterocycles. The second-order valence-electron chi connectivity index (χ2n) is 6.29. The lowest BCUT2D eigenvalue weighted by atomic mass is 10.0. The third-order valence-corrected chi connectivity index (χ3v) is 4.88. The van der Waals surface area contributed by atoms with Crippen LogP contribution in [-0.4, -0.2) is 35.6 Å². The van der Waals surface area contributed by atoms with E-state index < -0.39 is 0 Å². The summed E-state index contributed by atoms with van der Waals surface area (Å²) in [7, 11) is 1.54. The standard InChI is InChI=1S/C19H23ClN4O2/c1-3-14-6-4-5-11-24(14)19-21-10-9-15(23-19)18(25)22-16-12-13(20)7-8-17(16)26-2/h7-10,12,14H,3-6,11H2,1-2H3,(H,22,25). The van der Waals surface area contributed by atoms with Crippen LogP contribution in [0.15, 0.2) is 30.5 Å². The topological polar surface area (TPSA) is 67.4 Å². The van der Waals surface area contributed by atoms with Crippen LogP contribution >= 0.6 is 11.6 Å². The molecule has 1 atom stereocenters. The summed E-state index contributed by atoms with van der Waals surface area (Å²) in [6.07, 6.45) is 6.16. The molecule has 2 aromatic rings. The molecular formula is C19H23ClN4O2. The van der Waals surface area contributed by atoms with Crippen molar-refractivity contribution < 1.29 is 9.53 Å².